The smallest absolute Gasteiger partial charge is 0.287 e. The molecule has 1 aromatic carbocycles. The molecule has 4 nitrogen and oxygen atoms in total. The average Bonchev–Trinajstić information content (AvgIpc) is 2.96. The van der Waals surface area contributed by atoms with Gasteiger partial charge in [-0.3, -0.25) is 4.79 Å². The van der Waals surface area contributed by atoms with Crippen LogP contribution in [0.15, 0.2) is 46.9 Å². The summed E-state index contributed by atoms with van der Waals surface area (Å²) >= 11 is 5.89. The summed E-state index contributed by atoms with van der Waals surface area (Å²) in [5.74, 6) is 1.33. The van der Waals surface area contributed by atoms with Gasteiger partial charge in [0.05, 0.1) is 11.9 Å². The highest BCUT2D eigenvalue weighted by atomic mass is 35.5. The Balaban J connectivity index is 1.83. The summed E-state index contributed by atoms with van der Waals surface area (Å²) in [7, 11) is 0. The van der Waals surface area contributed by atoms with Crippen LogP contribution in [0.1, 0.15) is 35.5 Å². The summed E-state index contributed by atoms with van der Waals surface area (Å²) < 4.78 is 11.1. The number of carbonyl (C=O) groups excluding carboxylic acids is 1. The van der Waals surface area contributed by atoms with Crippen molar-refractivity contribution < 1.29 is 13.9 Å². The molecule has 0 spiro atoms. The van der Waals surface area contributed by atoms with E-state index in [-0.39, 0.29) is 23.1 Å². The molecule has 0 aliphatic heterocycles. The quantitative estimate of drug-likeness (QED) is 0.826. The highest BCUT2D eigenvalue weighted by Crippen LogP contribution is 2.21. The summed E-state index contributed by atoms with van der Waals surface area (Å²) in [6, 6.07) is 12.8. The normalized spacial score (nSPS) is 13.5. The zero-order valence-electron chi connectivity index (χ0n) is 12.0. The van der Waals surface area contributed by atoms with Crippen LogP contribution in [0, 0.1) is 0 Å². The molecule has 2 unspecified atom stereocenters. The number of benzene rings is 1. The lowest BCUT2D eigenvalue weighted by Crippen LogP contribution is -2.33. The van der Waals surface area contributed by atoms with E-state index in [1.807, 2.05) is 37.3 Å². The van der Waals surface area contributed by atoms with Gasteiger partial charge in [0.1, 0.15) is 17.6 Å². The van der Waals surface area contributed by atoms with Crippen molar-refractivity contribution >= 4 is 17.5 Å². The molecule has 0 aliphatic rings. The van der Waals surface area contributed by atoms with E-state index < -0.39 is 0 Å². The number of hydrogen-bond acceptors (Lipinski definition) is 3. The molecule has 1 amide bonds. The highest BCUT2D eigenvalue weighted by Gasteiger charge is 2.14. The van der Waals surface area contributed by atoms with E-state index in [1.54, 1.807) is 19.1 Å². The largest absolute Gasteiger partial charge is 0.489 e. The Kier molecular flexibility index (Phi) is 5.28. The number of amides is 1. The molecule has 21 heavy (non-hydrogen) atoms. The summed E-state index contributed by atoms with van der Waals surface area (Å²) in [5, 5.41) is 2.51. The monoisotopic (exact) mass is 307 g/mol. The van der Waals surface area contributed by atoms with Gasteiger partial charge < -0.3 is 14.5 Å². The number of halogens is 1. The first-order valence-corrected chi connectivity index (χ1v) is 7.23. The molecule has 2 aromatic rings. The summed E-state index contributed by atoms with van der Waals surface area (Å²) in [6.45, 7) is 4.07. The molecule has 0 fully saturated rings. The van der Waals surface area contributed by atoms with Crippen molar-refractivity contribution in [2.24, 2.45) is 0 Å². The standard InChI is InChI=1S/C16H18ClNO3/c1-11(20-13-6-4-3-5-7-13)10-18-16(19)15-9-8-14(21-15)12(2)17/h3-9,11-12H,10H2,1-2H3,(H,18,19). The second-order valence-corrected chi connectivity index (χ2v) is 5.42. The number of para-hydroxylation sites is 1. The van der Waals surface area contributed by atoms with Crippen molar-refractivity contribution in [3.8, 4) is 5.75 Å². The van der Waals surface area contributed by atoms with Gasteiger partial charge in [-0.15, -0.1) is 11.6 Å². The van der Waals surface area contributed by atoms with Crippen LogP contribution in [0.25, 0.3) is 0 Å². The molecule has 2 rings (SSSR count). The lowest BCUT2D eigenvalue weighted by molar-refractivity contribution is 0.0903. The van der Waals surface area contributed by atoms with E-state index in [4.69, 9.17) is 20.8 Å². The number of alkyl halides is 1. The number of hydrogen-bond donors (Lipinski definition) is 1. The molecule has 0 aliphatic carbocycles. The van der Waals surface area contributed by atoms with Crippen molar-refractivity contribution in [1.29, 1.82) is 0 Å². The second-order valence-electron chi connectivity index (χ2n) is 4.77. The van der Waals surface area contributed by atoms with E-state index in [1.165, 1.54) is 0 Å². The Morgan fingerprint density at radius 2 is 1.95 bits per heavy atom. The van der Waals surface area contributed by atoms with E-state index in [9.17, 15) is 4.79 Å². The Bertz CT molecular complexity index is 580. The van der Waals surface area contributed by atoms with E-state index >= 15 is 0 Å². The van der Waals surface area contributed by atoms with Crippen LogP contribution in [0.2, 0.25) is 0 Å². The van der Waals surface area contributed by atoms with Gasteiger partial charge in [0, 0.05) is 0 Å². The summed E-state index contributed by atoms with van der Waals surface area (Å²) in [6.07, 6.45) is -0.141. The van der Waals surface area contributed by atoms with Crippen LogP contribution in [0.5, 0.6) is 5.75 Å². The molecule has 2 atom stereocenters. The maximum atomic E-state index is 11.9. The molecule has 5 heteroatoms. The van der Waals surface area contributed by atoms with Crippen LogP contribution < -0.4 is 10.1 Å². The maximum Gasteiger partial charge on any atom is 0.287 e. The number of ether oxygens (including phenoxy) is 1. The minimum absolute atomic E-state index is 0.141. The minimum atomic E-state index is -0.276. The van der Waals surface area contributed by atoms with E-state index in [2.05, 4.69) is 5.32 Å². The second kappa shape index (κ2) is 7.18. The van der Waals surface area contributed by atoms with Crippen molar-refractivity contribution in [1.82, 2.24) is 5.32 Å². The number of nitrogens with one attached hydrogen (secondary N) is 1. The molecule has 0 saturated carbocycles. The third-order valence-electron chi connectivity index (χ3n) is 2.87. The first-order valence-electron chi connectivity index (χ1n) is 6.80. The van der Waals surface area contributed by atoms with Crippen LogP contribution >= 0.6 is 11.6 Å². The Labute approximate surface area is 129 Å². The molecule has 1 N–H and O–H groups in total. The molecule has 0 radical (unpaired) electrons. The summed E-state index contributed by atoms with van der Waals surface area (Å²) in [5.41, 5.74) is 0. The van der Waals surface area contributed by atoms with Crippen LogP contribution in [-0.4, -0.2) is 18.6 Å². The van der Waals surface area contributed by atoms with Crippen molar-refractivity contribution in [3.05, 3.63) is 54.0 Å². The predicted octanol–water partition coefficient (Wildman–Crippen LogP) is 3.78. The number of carbonyl (C=O) groups is 1. The average molecular weight is 308 g/mol. The Morgan fingerprint density at radius 3 is 2.57 bits per heavy atom. The summed E-state index contributed by atoms with van der Waals surface area (Å²) in [4.78, 5) is 11.9. The predicted molar refractivity (Wildman–Crippen MR) is 81.8 cm³/mol. The van der Waals surface area contributed by atoms with Crippen LogP contribution in [-0.2, 0) is 0 Å². The van der Waals surface area contributed by atoms with Gasteiger partial charge in [-0.1, -0.05) is 18.2 Å². The van der Waals surface area contributed by atoms with Gasteiger partial charge in [0.2, 0.25) is 0 Å². The fourth-order valence-corrected chi connectivity index (χ4v) is 1.90. The third-order valence-corrected chi connectivity index (χ3v) is 3.09. The molecule has 112 valence electrons. The number of rotatable bonds is 6. The van der Waals surface area contributed by atoms with Gasteiger partial charge in [-0.05, 0) is 38.1 Å². The molecule has 1 heterocycles. The molecule has 0 bridgehead atoms. The zero-order chi connectivity index (χ0) is 15.2. The van der Waals surface area contributed by atoms with Gasteiger partial charge in [-0.25, -0.2) is 0 Å². The molecule has 1 aromatic heterocycles. The van der Waals surface area contributed by atoms with Crippen molar-refractivity contribution in [3.63, 3.8) is 0 Å². The van der Waals surface area contributed by atoms with Crippen LogP contribution in [0.3, 0.4) is 0 Å². The fourth-order valence-electron chi connectivity index (χ4n) is 1.79. The zero-order valence-corrected chi connectivity index (χ0v) is 12.8. The Hall–Kier alpha value is -1.94. The van der Waals surface area contributed by atoms with E-state index in [0.717, 1.165) is 5.75 Å². The SMILES string of the molecule is CC(CNC(=O)c1ccc(C(C)Cl)o1)Oc1ccccc1. The van der Waals surface area contributed by atoms with Gasteiger partial charge in [0.25, 0.3) is 5.91 Å². The van der Waals surface area contributed by atoms with Crippen molar-refractivity contribution in [2.75, 3.05) is 6.54 Å². The lowest BCUT2D eigenvalue weighted by atomic mass is 10.3. The third kappa shape index (κ3) is 4.53. The van der Waals surface area contributed by atoms with Gasteiger partial charge in [-0.2, -0.15) is 0 Å². The fraction of sp³-hybridized carbons (Fsp3) is 0.312. The van der Waals surface area contributed by atoms with Crippen molar-refractivity contribution in [2.45, 2.75) is 25.3 Å². The maximum absolute atomic E-state index is 11.9. The highest BCUT2D eigenvalue weighted by molar-refractivity contribution is 6.20. The van der Waals surface area contributed by atoms with E-state index in [0.29, 0.717) is 12.3 Å². The first-order chi connectivity index (χ1) is 10.1. The van der Waals surface area contributed by atoms with Gasteiger partial charge in [0.15, 0.2) is 5.76 Å². The number of furan rings is 1. The first kappa shape index (κ1) is 15.4. The molecular formula is C16H18ClNO3. The van der Waals surface area contributed by atoms with Gasteiger partial charge >= 0.3 is 0 Å². The lowest BCUT2D eigenvalue weighted by Gasteiger charge is -2.14. The minimum Gasteiger partial charge on any atom is -0.489 e. The van der Waals surface area contributed by atoms with Crippen LogP contribution in [0.4, 0.5) is 0 Å². The Morgan fingerprint density at radius 1 is 1.24 bits per heavy atom. The molecule has 0 saturated heterocycles. The molecular weight excluding hydrogens is 290 g/mol. The topological polar surface area (TPSA) is 51.5 Å².